The zero-order chi connectivity index (χ0) is 19.8. The quantitative estimate of drug-likeness (QED) is 0.549. The van der Waals surface area contributed by atoms with Crippen molar-refractivity contribution in [1.29, 1.82) is 0 Å². The van der Waals surface area contributed by atoms with E-state index in [1.54, 1.807) is 28.4 Å². The molecule has 0 aliphatic carbocycles. The molecule has 3 N–H and O–H groups in total. The van der Waals surface area contributed by atoms with Gasteiger partial charge in [-0.15, -0.1) is 0 Å². The summed E-state index contributed by atoms with van der Waals surface area (Å²) in [4.78, 5) is 17.8. The number of hydrogen-bond acceptors (Lipinski definition) is 5. The second-order valence-electron chi connectivity index (χ2n) is 6.54. The number of nitrogens with zero attached hydrogens (tertiary/aromatic N) is 2. The normalized spacial score (nSPS) is 17.4. The number of amides is 1. The Labute approximate surface area is 160 Å². The highest BCUT2D eigenvalue weighted by molar-refractivity contribution is 5.80. The topological polar surface area (TPSA) is 98.4 Å². The van der Waals surface area contributed by atoms with E-state index in [0.717, 1.165) is 37.5 Å². The molecule has 150 valence electrons. The Balaban J connectivity index is 2.11. The predicted octanol–water partition coefficient (Wildman–Crippen LogP) is 1.38. The van der Waals surface area contributed by atoms with Gasteiger partial charge in [-0.05, 0) is 18.8 Å². The van der Waals surface area contributed by atoms with Crippen molar-refractivity contribution in [3.63, 3.8) is 0 Å². The van der Waals surface area contributed by atoms with Gasteiger partial charge in [0.05, 0.1) is 33.4 Å². The van der Waals surface area contributed by atoms with Gasteiger partial charge in [0.2, 0.25) is 5.91 Å². The lowest BCUT2D eigenvalue weighted by Crippen LogP contribution is -2.47. The number of nitrogens with two attached hydrogens (primary N) is 1. The summed E-state index contributed by atoms with van der Waals surface area (Å²) < 4.78 is 16.3. The van der Waals surface area contributed by atoms with Crippen molar-refractivity contribution in [3.8, 4) is 17.2 Å². The number of primary amides is 1. The number of guanidine groups is 1. The van der Waals surface area contributed by atoms with E-state index < -0.39 is 0 Å². The smallest absolute Gasteiger partial charge is 0.217 e. The molecule has 0 saturated carbocycles. The summed E-state index contributed by atoms with van der Waals surface area (Å²) >= 11 is 0. The lowest BCUT2D eigenvalue weighted by molar-refractivity contribution is -0.119. The molecule has 1 amide bonds. The van der Waals surface area contributed by atoms with Crippen LogP contribution in [0.15, 0.2) is 17.1 Å². The molecule has 8 heteroatoms. The number of piperidine rings is 1. The van der Waals surface area contributed by atoms with Gasteiger partial charge < -0.3 is 30.2 Å². The Hall–Kier alpha value is -2.64. The third kappa shape index (κ3) is 5.42. The Morgan fingerprint density at radius 1 is 1.26 bits per heavy atom. The molecule has 27 heavy (non-hydrogen) atoms. The molecule has 1 unspecified atom stereocenters. The number of nitrogens with one attached hydrogen (secondary N) is 1. The van der Waals surface area contributed by atoms with E-state index in [0.29, 0.717) is 30.2 Å². The molecular weight excluding hydrogens is 348 g/mol. The van der Waals surface area contributed by atoms with E-state index >= 15 is 0 Å². The third-order valence-corrected chi connectivity index (χ3v) is 4.76. The highest BCUT2D eigenvalue weighted by Crippen LogP contribution is 2.34. The average Bonchev–Trinajstić information content (AvgIpc) is 2.67. The maximum Gasteiger partial charge on any atom is 0.217 e. The lowest BCUT2D eigenvalue weighted by atomic mass is 9.95. The molecule has 2 rings (SSSR count). The first-order valence-corrected chi connectivity index (χ1v) is 9.05. The first-order valence-electron chi connectivity index (χ1n) is 9.05. The summed E-state index contributed by atoms with van der Waals surface area (Å²) in [6.45, 7) is 2.14. The van der Waals surface area contributed by atoms with Crippen molar-refractivity contribution < 1.29 is 19.0 Å². The highest BCUT2D eigenvalue weighted by Gasteiger charge is 2.24. The summed E-state index contributed by atoms with van der Waals surface area (Å²) in [5, 5.41) is 3.38. The minimum Gasteiger partial charge on any atom is -0.496 e. The zero-order valence-electron chi connectivity index (χ0n) is 16.6. The fourth-order valence-electron chi connectivity index (χ4n) is 3.46. The Bertz CT molecular complexity index is 653. The molecule has 8 nitrogen and oxygen atoms in total. The van der Waals surface area contributed by atoms with E-state index in [4.69, 9.17) is 19.9 Å². The van der Waals surface area contributed by atoms with Crippen LogP contribution in [0.3, 0.4) is 0 Å². The van der Waals surface area contributed by atoms with Crippen molar-refractivity contribution in [2.75, 3.05) is 41.5 Å². The van der Waals surface area contributed by atoms with E-state index in [1.165, 1.54) is 0 Å². The van der Waals surface area contributed by atoms with E-state index in [1.807, 2.05) is 12.1 Å². The van der Waals surface area contributed by atoms with E-state index in [2.05, 4.69) is 15.2 Å². The summed E-state index contributed by atoms with van der Waals surface area (Å²) in [7, 11) is 6.59. The number of benzene rings is 1. The first kappa shape index (κ1) is 20.7. The monoisotopic (exact) mass is 378 g/mol. The van der Waals surface area contributed by atoms with Crippen molar-refractivity contribution in [3.05, 3.63) is 17.7 Å². The number of rotatable bonds is 7. The fourth-order valence-corrected chi connectivity index (χ4v) is 3.46. The molecular formula is C19H30N4O4. The number of carbonyl (C=O) groups is 1. The van der Waals surface area contributed by atoms with Crippen molar-refractivity contribution in [2.24, 2.45) is 16.6 Å². The van der Waals surface area contributed by atoms with Gasteiger partial charge in [-0.2, -0.15) is 0 Å². The Morgan fingerprint density at radius 3 is 2.44 bits per heavy atom. The largest absolute Gasteiger partial charge is 0.496 e. The van der Waals surface area contributed by atoms with Gasteiger partial charge in [0.25, 0.3) is 0 Å². The number of methoxy groups -OCH3 is 3. The van der Waals surface area contributed by atoms with Gasteiger partial charge in [0, 0.05) is 38.7 Å². The summed E-state index contributed by atoms with van der Waals surface area (Å²) in [5.74, 6) is 2.82. The van der Waals surface area contributed by atoms with Gasteiger partial charge in [-0.3, -0.25) is 9.79 Å². The van der Waals surface area contributed by atoms with Crippen LogP contribution >= 0.6 is 0 Å². The van der Waals surface area contributed by atoms with Gasteiger partial charge in [-0.25, -0.2) is 0 Å². The first-order chi connectivity index (χ1) is 13.0. The molecule has 0 aromatic heterocycles. The van der Waals surface area contributed by atoms with Crippen molar-refractivity contribution >= 4 is 11.9 Å². The molecule has 1 aromatic rings. The van der Waals surface area contributed by atoms with Crippen LogP contribution in [0.5, 0.6) is 17.2 Å². The number of aliphatic imine (C=N–C) groups is 1. The highest BCUT2D eigenvalue weighted by atomic mass is 16.5. The number of ether oxygens (including phenoxy) is 3. The number of hydrogen-bond donors (Lipinski definition) is 2. The van der Waals surface area contributed by atoms with Crippen LogP contribution in [0.1, 0.15) is 24.8 Å². The van der Waals surface area contributed by atoms with Gasteiger partial charge in [0.1, 0.15) is 17.2 Å². The minimum atomic E-state index is -0.252. The van der Waals surface area contributed by atoms with Crippen LogP contribution in [0.25, 0.3) is 0 Å². The average molecular weight is 378 g/mol. The summed E-state index contributed by atoms with van der Waals surface area (Å²) in [6, 6.07) is 3.65. The summed E-state index contributed by atoms with van der Waals surface area (Å²) in [5.41, 5.74) is 6.24. The third-order valence-electron chi connectivity index (χ3n) is 4.76. The molecule has 1 heterocycles. The zero-order valence-corrected chi connectivity index (χ0v) is 16.6. The van der Waals surface area contributed by atoms with Gasteiger partial charge in [-0.1, -0.05) is 0 Å². The number of carbonyl (C=O) groups excluding carboxylic acids is 1. The van der Waals surface area contributed by atoms with E-state index in [-0.39, 0.29) is 11.8 Å². The van der Waals surface area contributed by atoms with Crippen molar-refractivity contribution in [2.45, 2.75) is 25.8 Å². The fraction of sp³-hybridized carbons (Fsp3) is 0.579. The maximum atomic E-state index is 11.2. The Morgan fingerprint density at radius 2 is 1.93 bits per heavy atom. The van der Waals surface area contributed by atoms with Gasteiger partial charge in [0.15, 0.2) is 5.96 Å². The molecule has 1 atom stereocenters. The van der Waals surface area contributed by atoms with Crippen LogP contribution in [0.4, 0.5) is 0 Å². The van der Waals surface area contributed by atoms with Crippen LogP contribution in [-0.2, 0) is 11.3 Å². The lowest BCUT2D eigenvalue weighted by Gasteiger charge is -2.34. The standard InChI is InChI=1S/C19H30N4O4/c1-21-19(23-7-5-6-13(12-23)8-18(20)24)22-11-15-16(26-3)9-14(25-2)10-17(15)27-4/h9-10,13H,5-8,11-12H2,1-4H3,(H2,20,24)(H,21,22). The molecule has 1 fully saturated rings. The second-order valence-corrected chi connectivity index (χ2v) is 6.54. The molecule has 1 aliphatic rings. The SMILES string of the molecule is CN=C(NCc1c(OC)cc(OC)cc1OC)N1CCCC(CC(N)=O)C1. The molecule has 1 aromatic carbocycles. The predicted molar refractivity (Wildman–Crippen MR) is 104 cm³/mol. The molecule has 0 spiro atoms. The molecule has 0 radical (unpaired) electrons. The van der Waals surface area contributed by atoms with Crippen LogP contribution in [0.2, 0.25) is 0 Å². The van der Waals surface area contributed by atoms with Crippen molar-refractivity contribution in [1.82, 2.24) is 10.2 Å². The molecule has 1 aliphatic heterocycles. The Kier molecular flexibility index (Phi) is 7.57. The number of likely N-dealkylation sites (tertiary alicyclic amines) is 1. The molecule has 0 bridgehead atoms. The van der Waals surface area contributed by atoms with Gasteiger partial charge >= 0.3 is 0 Å². The van der Waals surface area contributed by atoms with E-state index in [9.17, 15) is 4.79 Å². The minimum absolute atomic E-state index is 0.252. The molecule has 1 saturated heterocycles. The van der Waals surface area contributed by atoms with Crippen LogP contribution < -0.4 is 25.3 Å². The van der Waals surface area contributed by atoms with Crippen LogP contribution in [-0.4, -0.2) is 58.2 Å². The summed E-state index contributed by atoms with van der Waals surface area (Å²) in [6.07, 6.45) is 2.43. The second kappa shape index (κ2) is 9.89. The van der Waals surface area contributed by atoms with Crippen LogP contribution in [0, 0.1) is 5.92 Å². The maximum absolute atomic E-state index is 11.2.